The number of hydrogen-bond donors (Lipinski definition) is 0. The van der Waals surface area contributed by atoms with E-state index in [-0.39, 0.29) is 5.66 Å². The normalized spacial score (nSPS) is 12.7. The van der Waals surface area contributed by atoms with Crippen LogP contribution < -0.4 is 10.6 Å². The Hall–Kier alpha value is -1.66. The van der Waals surface area contributed by atoms with Crippen molar-refractivity contribution < 1.29 is 9.36 Å². The lowest BCUT2D eigenvalue weighted by Crippen LogP contribution is -2.26. The summed E-state index contributed by atoms with van der Waals surface area (Å²) in [5, 5.41) is 1.72. The molecule has 0 saturated heterocycles. The Labute approximate surface area is 145 Å². The summed E-state index contributed by atoms with van der Waals surface area (Å²) in [6.07, 6.45) is 6.64. The molecule has 2 rings (SSSR count). The zero-order valence-electron chi connectivity index (χ0n) is 14.4. The van der Waals surface area contributed by atoms with Crippen molar-refractivity contribution in [2.75, 3.05) is 0 Å². The molecule has 0 amide bonds. The number of benzene rings is 2. The van der Waals surface area contributed by atoms with Gasteiger partial charge in [0.15, 0.2) is 0 Å². The van der Waals surface area contributed by atoms with E-state index in [1.807, 2.05) is 60.7 Å². The maximum absolute atomic E-state index is 14.2. The molecule has 3 heteroatoms. The molecule has 0 fully saturated rings. The quantitative estimate of drug-likeness (QED) is 0.349. The summed E-state index contributed by atoms with van der Waals surface area (Å²) in [4.78, 5) is 11.3. The number of hydrogen-bond acceptors (Lipinski definition) is 2. The third kappa shape index (κ3) is 4.45. The van der Waals surface area contributed by atoms with E-state index in [0.717, 1.165) is 36.2 Å². The average molecular weight is 342 g/mol. The van der Waals surface area contributed by atoms with Crippen LogP contribution in [0.4, 0.5) is 0 Å². The van der Waals surface area contributed by atoms with Gasteiger partial charge in [0.05, 0.1) is 0 Å². The van der Waals surface area contributed by atoms with Crippen molar-refractivity contribution in [2.45, 2.75) is 51.1 Å². The molecule has 0 aliphatic carbocycles. The van der Waals surface area contributed by atoms with Crippen LogP contribution >= 0.6 is 7.14 Å². The van der Waals surface area contributed by atoms with Gasteiger partial charge in [-0.05, 0) is 6.42 Å². The van der Waals surface area contributed by atoms with E-state index < -0.39 is 7.14 Å². The van der Waals surface area contributed by atoms with Crippen molar-refractivity contribution in [3.8, 4) is 0 Å². The number of rotatable bonds is 10. The highest BCUT2D eigenvalue weighted by Gasteiger charge is 2.35. The summed E-state index contributed by atoms with van der Waals surface area (Å²) in [7, 11) is -2.83. The molecule has 2 nitrogen and oxygen atoms in total. The summed E-state index contributed by atoms with van der Waals surface area (Å²) in [6, 6.07) is 19.4. The van der Waals surface area contributed by atoms with Gasteiger partial charge in [0.1, 0.15) is 13.4 Å². The second-order valence-electron chi connectivity index (χ2n) is 6.23. The maximum Gasteiger partial charge on any atom is 0.146 e. The van der Waals surface area contributed by atoms with Crippen LogP contribution in [0.2, 0.25) is 0 Å². The average Bonchev–Trinajstić information content (AvgIpc) is 2.65. The van der Waals surface area contributed by atoms with Crippen LogP contribution in [-0.2, 0) is 9.36 Å². The minimum absolute atomic E-state index is 0.114. The molecular weight excluding hydrogens is 315 g/mol. The Bertz CT molecular complexity index is 609. The topological polar surface area (TPSA) is 34.1 Å². The van der Waals surface area contributed by atoms with Crippen LogP contribution in [0.3, 0.4) is 0 Å². The minimum Gasteiger partial charge on any atom is -0.313 e. The predicted octanol–water partition coefficient (Wildman–Crippen LogP) is 4.93. The zero-order valence-corrected chi connectivity index (χ0v) is 15.3. The molecule has 0 N–H and O–H groups in total. The number of aldehydes is 1. The van der Waals surface area contributed by atoms with Gasteiger partial charge in [-0.1, -0.05) is 93.3 Å². The Kier molecular flexibility index (Phi) is 7.46. The SMILES string of the molecule is CCCCCCC(CC=O)P(=O)(c1ccccc1)c1ccccc1. The van der Waals surface area contributed by atoms with Crippen molar-refractivity contribution in [2.24, 2.45) is 0 Å². The van der Waals surface area contributed by atoms with Gasteiger partial charge in [0.2, 0.25) is 0 Å². The highest BCUT2D eigenvalue weighted by atomic mass is 31.2. The van der Waals surface area contributed by atoms with Gasteiger partial charge in [-0.3, -0.25) is 0 Å². The number of unbranched alkanes of at least 4 members (excludes halogenated alkanes) is 3. The molecule has 2 aromatic carbocycles. The summed E-state index contributed by atoms with van der Waals surface area (Å²) < 4.78 is 14.2. The fourth-order valence-electron chi connectivity index (χ4n) is 3.24. The van der Waals surface area contributed by atoms with Gasteiger partial charge in [-0.25, -0.2) is 0 Å². The van der Waals surface area contributed by atoms with Crippen LogP contribution in [0.5, 0.6) is 0 Å². The fourth-order valence-corrected chi connectivity index (χ4v) is 6.54. The van der Waals surface area contributed by atoms with E-state index in [4.69, 9.17) is 0 Å². The third-order valence-corrected chi connectivity index (χ3v) is 8.18. The summed E-state index contributed by atoms with van der Waals surface area (Å²) in [5.41, 5.74) is -0.114. The van der Waals surface area contributed by atoms with Crippen molar-refractivity contribution in [1.82, 2.24) is 0 Å². The Morgan fingerprint density at radius 1 is 0.875 bits per heavy atom. The number of carbonyl (C=O) groups is 1. The van der Waals surface area contributed by atoms with E-state index in [0.29, 0.717) is 6.42 Å². The summed E-state index contributed by atoms with van der Waals surface area (Å²) in [6.45, 7) is 2.18. The molecule has 0 saturated carbocycles. The van der Waals surface area contributed by atoms with Crippen molar-refractivity contribution in [3.63, 3.8) is 0 Å². The first-order chi connectivity index (χ1) is 11.7. The van der Waals surface area contributed by atoms with Gasteiger partial charge < -0.3 is 9.36 Å². The summed E-state index contributed by atoms with van der Waals surface area (Å²) >= 11 is 0. The largest absolute Gasteiger partial charge is 0.313 e. The predicted molar refractivity (Wildman–Crippen MR) is 103 cm³/mol. The molecule has 0 radical (unpaired) electrons. The van der Waals surface area contributed by atoms with Crippen LogP contribution in [-0.4, -0.2) is 11.9 Å². The molecule has 128 valence electrons. The van der Waals surface area contributed by atoms with Crippen molar-refractivity contribution in [1.29, 1.82) is 0 Å². The number of carbonyl (C=O) groups excluding carboxylic acids is 1. The molecule has 1 unspecified atom stereocenters. The van der Waals surface area contributed by atoms with E-state index in [1.165, 1.54) is 12.8 Å². The fraction of sp³-hybridized carbons (Fsp3) is 0.381. The minimum atomic E-state index is -2.83. The monoisotopic (exact) mass is 342 g/mol. The second-order valence-corrected chi connectivity index (χ2v) is 9.31. The first-order valence-electron chi connectivity index (χ1n) is 8.88. The molecular formula is C21H27O2P. The molecule has 0 spiro atoms. The van der Waals surface area contributed by atoms with E-state index in [1.54, 1.807) is 0 Å². The standard InChI is InChI=1S/C21H27O2P/c1-2-3-4-7-16-21(17-18-22)24(23,19-12-8-5-9-13-19)20-14-10-6-11-15-20/h5-6,8-15,18,21H,2-4,7,16-17H2,1H3. The molecule has 1 atom stereocenters. The molecule has 24 heavy (non-hydrogen) atoms. The lowest BCUT2D eigenvalue weighted by molar-refractivity contribution is -0.107. The molecule has 0 heterocycles. The maximum atomic E-state index is 14.2. The van der Waals surface area contributed by atoms with Crippen molar-refractivity contribution >= 4 is 24.0 Å². The molecule has 0 aromatic heterocycles. The zero-order chi connectivity index (χ0) is 17.3. The second kappa shape index (κ2) is 9.59. The van der Waals surface area contributed by atoms with Gasteiger partial charge in [-0.15, -0.1) is 0 Å². The van der Waals surface area contributed by atoms with Crippen LogP contribution in [0.25, 0.3) is 0 Å². The van der Waals surface area contributed by atoms with Crippen LogP contribution in [0.1, 0.15) is 45.4 Å². The van der Waals surface area contributed by atoms with Gasteiger partial charge in [0, 0.05) is 22.7 Å². The van der Waals surface area contributed by atoms with Crippen LogP contribution in [0, 0.1) is 0 Å². The highest BCUT2D eigenvalue weighted by molar-refractivity contribution is 7.79. The lowest BCUT2D eigenvalue weighted by Gasteiger charge is -2.27. The van der Waals surface area contributed by atoms with E-state index >= 15 is 0 Å². The molecule has 0 bridgehead atoms. The Morgan fingerprint density at radius 2 is 1.42 bits per heavy atom. The third-order valence-electron chi connectivity index (χ3n) is 4.55. The molecule has 0 aliphatic heterocycles. The molecule has 0 aliphatic rings. The summed E-state index contributed by atoms with van der Waals surface area (Å²) in [5.74, 6) is 0. The Morgan fingerprint density at radius 3 is 1.88 bits per heavy atom. The molecule has 2 aromatic rings. The smallest absolute Gasteiger partial charge is 0.146 e. The van der Waals surface area contributed by atoms with Crippen LogP contribution in [0.15, 0.2) is 60.7 Å². The first kappa shape index (κ1) is 18.7. The highest BCUT2D eigenvalue weighted by Crippen LogP contribution is 2.51. The lowest BCUT2D eigenvalue weighted by atomic mass is 10.1. The Balaban J connectivity index is 2.39. The van der Waals surface area contributed by atoms with Crippen molar-refractivity contribution in [3.05, 3.63) is 60.7 Å². The van der Waals surface area contributed by atoms with Gasteiger partial charge in [0.25, 0.3) is 0 Å². The first-order valence-corrected chi connectivity index (χ1v) is 10.7. The van der Waals surface area contributed by atoms with Gasteiger partial charge >= 0.3 is 0 Å². The van der Waals surface area contributed by atoms with E-state index in [2.05, 4.69) is 6.92 Å². The van der Waals surface area contributed by atoms with E-state index in [9.17, 15) is 9.36 Å². The van der Waals surface area contributed by atoms with Gasteiger partial charge in [-0.2, -0.15) is 0 Å².